The fourth-order valence-corrected chi connectivity index (χ4v) is 4.24. The number of hydrogen-bond donors (Lipinski definition) is 1. The van der Waals surface area contributed by atoms with Gasteiger partial charge in [0.15, 0.2) is 0 Å². The monoisotopic (exact) mass is 358 g/mol. The fourth-order valence-electron chi connectivity index (χ4n) is 4.24. The molecule has 144 valence electrons. The molecule has 3 rings (SSSR count). The summed E-state index contributed by atoms with van der Waals surface area (Å²) in [5.41, 5.74) is 1.26. The molecule has 2 saturated heterocycles. The molecule has 2 aliphatic rings. The third-order valence-corrected chi connectivity index (χ3v) is 6.00. The molecule has 0 spiro atoms. The SMILES string of the molecule is CC(C)(CO)CC/C=C\C[C@H]1[C@@H](COCc2ccccc2)[C@H]2CC[C@@H]1O2. The number of rotatable bonds is 10. The Balaban J connectivity index is 1.44. The minimum absolute atomic E-state index is 0.0215. The van der Waals surface area contributed by atoms with E-state index in [9.17, 15) is 5.11 Å². The van der Waals surface area contributed by atoms with Crippen LogP contribution in [0.4, 0.5) is 0 Å². The molecule has 0 radical (unpaired) electrons. The molecule has 2 bridgehead atoms. The van der Waals surface area contributed by atoms with Crippen LogP contribution in [-0.4, -0.2) is 30.5 Å². The van der Waals surface area contributed by atoms with Crippen molar-refractivity contribution in [2.75, 3.05) is 13.2 Å². The van der Waals surface area contributed by atoms with E-state index < -0.39 is 0 Å². The Kier molecular flexibility index (Phi) is 6.91. The minimum atomic E-state index is 0.0215. The topological polar surface area (TPSA) is 38.7 Å². The van der Waals surface area contributed by atoms with Crippen molar-refractivity contribution in [3.8, 4) is 0 Å². The van der Waals surface area contributed by atoms with E-state index in [2.05, 4.69) is 50.3 Å². The maximum absolute atomic E-state index is 9.34. The van der Waals surface area contributed by atoms with E-state index >= 15 is 0 Å². The molecule has 0 amide bonds. The Morgan fingerprint density at radius 2 is 1.85 bits per heavy atom. The van der Waals surface area contributed by atoms with Gasteiger partial charge in [-0.05, 0) is 49.0 Å². The zero-order valence-electron chi connectivity index (χ0n) is 16.3. The molecule has 2 aliphatic heterocycles. The molecule has 1 aromatic rings. The van der Waals surface area contributed by atoms with Crippen LogP contribution >= 0.6 is 0 Å². The van der Waals surface area contributed by atoms with Crippen LogP contribution in [0, 0.1) is 17.3 Å². The van der Waals surface area contributed by atoms with Crippen LogP contribution in [0.15, 0.2) is 42.5 Å². The molecule has 1 aromatic carbocycles. The summed E-state index contributed by atoms with van der Waals surface area (Å²) in [5.74, 6) is 1.11. The van der Waals surface area contributed by atoms with Crippen LogP contribution in [0.5, 0.6) is 0 Å². The van der Waals surface area contributed by atoms with Crippen molar-refractivity contribution in [2.24, 2.45) is 17.3 Å². The lowest BCUT2D eigenvalue weighted by molar-refractivity contribution is 0.0419. The van der Waals surface area contributed by atoms with Crippen molar-refractivity contribution < 1.29 is 14.6 Å². The van der Waals surface area contributed by atoms with Crippen molar-refractivity contribution in [3.63, 3.8) is 0 Å². The van der Waals surface area contributed by atoms with Crippen LogP contribution in [0.25, 0.3) is 0 Å². The molecule has 0 unspecified atom stereocenters. The predicted molar refractivity (Wildman–Crippen MR) is 105 cm³/mol. The Labute approximate surface area is 158 Å². The van der Waals surface area contributed by atoms with E-state index in [1.165, 1.54) is 18.4 Å². The summed E-state index contributed by atoms with van der Waals surface area (Å²) in [6.45, 7) is 5.97. The zero-order chi connectivity index (χ0) is 18.4. The molecule has 3 nitrogen and oxygen atoms in total. The van der Waals surface area contributed by atoms with E-state index in [-0.39, 0.29) is 12.0 Å². The number of hydrogen-bond acceptors (Lipinski definition) is 3. The number of benzene rings is 1. The van der Waals surface area contributed by atoms with E-state index in [0.717, 1.165) is 25.9 Å². The quantitative estimate of drug-likeness (QED) is 0.614. The summed E-state index contributed by atoms with van der Waals surface area (Å²) >= 11 is 0. The third kappa shape index (κ3) is 5.18. The summed E-state index contributed by atoms with van der Waals surface area (Å²) in [7, 11) is 0. The van der Waals surface area contributed by atoms with Crippen molar-refractivity contribution in [3.05, 3.63) is 48.0 Å². The van der Waals surface area contributed by atoms with E-state index in [1.807, 2.05) is 6.07 Å². The van der Waals surface area contributed by atoms with E-state index in [1.54, 1.807) is 0 Å². The zero-order valence-corrected chi connectivity index (χ0v) is 16.3. The molecule has 3 heteroatoms. The largest absolute Gasteiger partial charge is 0.396 e. The average molecular weight is 359 g/mol. The first-order valence-electron chi connectivity index (χ1n) is 10.1. The molecule has 4 atom stereocenters. The second-order valence-corrected chi connectivity index (χ2v) is 8.69. The molecule has 0 aliphatic carbocycles. The van der Waals surface area contributed by atoms with Gasteiger partial charge in [0.25, 0.3) is 0 Å². The second kappa shape index (κ2) is 9.16. The van der Waals surface area contributed by atoms with Crippen LogP contribution in [0.3, 0.4) is 0 Å². The smallest absolute Gasteiger partial charge is 0.0717 e. The number of aliphatic hydroxyl groups is 1. The third-order valence-electron chi connectivity index (χ3n) is 6.00. The minimum Gasteiger partial charge on any atom is -0.396 e. The van der Waals surface area contributed by atoms with E-state index in [4.69, 9.17) is 9.47 Å². The lowest BCUT2D eigenvalue weighted by Gasteiger charge is -2.27. The Morgan fingerprint density at radius 1 is 1.12 bits per heavy atom. The van der Waals surface area contributed by atoms with Crippen LogP contribution in [0.1, 0.15) is 51.5 Å². The summed E-state index contributed by atoms with van der Waals surface area (Å²) in [5, 5.41) is 9.34. The van der Waals surface area contributed by atoms with Crippen LogP contribution in [0.2, 0.25) is 0 Å². The first-order valence-corrected chi connectivity index (χ1v) is 10.1. The summed E-state index contributed by atoms with van der Waals surface area (Å²) in [6, 6.07) is 10.4. The second-order valence-electron chi connectivity index (χ2n) is 8.69. The van der Waals surface area contributed by atoms with Crippen molar-refractivity contribution in [1.82, 2.24) is 0 Å². The number of aliphatic hydroxyl groups excluding tert-OH is 1. The standard InChI is InChI=1S/C23H34O3/c1-23(2,17-24)14-8-4-7-11-19-20(22-13-12-21(19)26-22)16-25-15-18-9-5-3-6-10-18/h3-7,9-10,19-22,24H,8,11-17H2,1-2H3/b7-4-/t19-,20+,21-,22+/m0/s1. The van der Waals surface area contributed by atoms with Gasteiger partial charge in [-0.2, -0.15) is 0 Å². The van der Waals surface area contributed by atoms with Gasteiger partial charge in [0.05, 0.1) is 25.4 Å². The Bertz CT molecular complexity index is 566. The van der Waals surface area contributed by atoms with Gasteiger partial charge in [-0.15, -0.1) is 0 Å². The molecule has 0 aromatic heterocycles. The molecule has 0 saturated carbocycles. The van der Waals surface area contributed by atoms with Gasteiger partial charge in [0, 0.05) is 12.5 Å². The normalized spacial score (nSPS) is 28.3. The van der Waals surface area contributed by atoms with Crippen molar-refractivity contribution in [2.45, 2.75) is 64.8 Å². The molecule has 1 N–H and O–H groups in total. The molecular weight excluding hydrogens is 324 g/mol. The highest BCUT2D eigenvalue weighted by atomic mass is 16.5. The highest BCUT2D eigenvalue weighted by Crippen LogP contribution is 2.45. The van der Waals surface area contributed by atoms with Gasteiger partial charge >= 0.3 is 0 Å². The number of fused-ring (bicyclic) bond motifs is 2. The fraction of sp³-hybridized carbons (Fsp3) is 0.652. The van der Waals surface area contributed by atoms with Crippen molar-refractivity contribution in [1.29, 1.82) is 0 Å². The van der Waals surface area contributed by atoms with Crippen LogP contribution in [-0.2, 0) is 16.1 Å². The van der Waals surface area contributed by atoms with Crippen molar-refractivity contribution >= 4 is 0 Å². The Hall–Kier alpha value is -1.16. The summed E-state index contributed by atoms with van der Waals surface area (Å²) < 4.78 is 12.2. The van der Waals surface area contributed by atoms with Gasteiger partial charge in [0.2, 0.25) is 0 Å². The lowest BCUT2D eigenvalue weighted by atomic mass is 9.78. The number of allylic oxidation sites excluding steroid dienone is 2. The first kappa shape index (κ1) is 19.6. The summed E-state index contributed by atoms with van der Waals surface area (Å²) in [6.07, 6.45) is 11.0. The molecule has 26 heavy (non-hydrogen) atoms. The Morgan fingerprint density at radius 3 is 2.58 bits per heavy atom. The lowest BCUT2D eigenvalue weighted by Crippen LogP contribution is -2.30. The molecule has 2 heterocycles. The highest BCUT2D eigenvalue weighted by molar-refractivity contribution is 5.13. The van der Waals surface area contributed by atoms with Gasteiger partial charge in [0.1, 0.15) is 0 Å². The van der Waals surface area contributed by atoms with Gasteiger partial charge in [-0.1, -0.05) is 56.3 Å². The molecular formula is C23H34O3. The summed E-state index contributed by atoms with van der Waals surface area (Å²) in [4.78, 5) is 0. The van der Waals surface area contributed by atoms with Gasteiger partial charge < -0.3 is 14.6 Å². The highest BCUT2D eigenvalue weighted by Gasteiger charge is 2.48. The van der Waals surface area contributed by atoms with Gasteiger partial charge in [-0.25, -0.2) is 0 Å². The van der Waals surface area contributed by atoms with Crippen LogP contribution < -0.4 is 0 Å². The first-order chi connectivity index (χ1) is 12.6. The predicted octanol–water partition coefficient (Wildman–Crippen LogP) is 4.74. The average Bonchev–Trinajstić information content (AvgIpc) is 3.24. The maximum Gasteiger partial charge on any atom is 0.0717 e. The van der Waals surface area contributed by atoms with E-state index in [0.29, 0.717) is 30.7 Å². The molecule has 2 fully saturated rings. The maximum atomic E-state index is 9.34. The van der Waals surface area contributed by atoms with Gasteiger partial charge in [-0.3, -0.25) is 0 Å². The number of ether oxygens (including phenoxy) is 2.